The highest BCUT2D eigenvalue weighted by Crippen LogP contribution is 2.23. The molecule has 0 fully saturated rings. The highest BCUT2D eigenvalue weighted by molar-refractivity contribution is 7.89. The van der Waals surface area contributed by atoms with Gasteiger partial charge in [0.05, 0.1) is 34.1 Å². The molecule has 0 aromatic heterocycles. The van der Waals surface area contributed by atoms with Crippen molar-refractivity contribution in [3.63, 3.8) is 0 Å². The van der Waals surface area contributed by atoms with E-state index in [0.717, 1.165) is 23.4 Å². The third kappa shape index (κ3) is 15.1. The Balaban J connectivity index is 1.26. The number of aliphatic hydroxyl groups is 2. The normalized spacial score (nSPS) is 13.7. The van der Waals surface area contributed by atoms with Crippen LogP contribution in [0.1, 0.15) is 45.7 Å². The minimum absolute atomic E-state index is 0.00190. The summed E-state index contributed by atoms with van der Waals surface area (Å²) < 4.78 is 64.2. The van der Waals surface area contributed by atoms with E-state index in [-0.39, 0.29) is 35.3 Å². The molecule has 0 spiro atoms. The van der Waals surface area contributed by atoms with Gasteiger partial charge < -0.3 is 25.6 Å². The Morgan fingerprint density at radius 1 is 0.591 bits per heavy atom. The topological polar surface area (TPSA) is 207 Å². The first kappa shape index (κ1) is 51.2. The number of hydrogen-bond acceptors (Lipinski definition) is 10. The fraction of sp³-hybridized carbons (Fsp3) is 0.347. The molecule has 0 aliphatic heterocycles. The lowest BCUT2D eigenvalue weighted by Crippen LogP contribution is -2.53. The van der Waals surface area contributed by atoms with Crippen molar-refractivity contribution >= 4 is 49.2 Å². The average molecular weight is 943 g/mol. The second kappa shape index (κ2) is 24.1. The highest BCUT2D eigenvalue weighted by Gasteiger charge is 2.31. The third-order valence-electron chi connectivity index (χ3n) is 10.6. The second-order valence-corrected chi connectivity index (χ2v) is 20.4. The zero-order valence-electron chi connectivity index (χ0n) is 37.9. The molecule has 354 valence electrons. The Morgan fingerprint density at radius 2 is 1.09 bits per heavy atom. The molecule has 5 aromatic rings. The monoisotopic (exact) mass is 942 g/mol. The zero-order valence-corrected chi connectivity index (χ0v) is 39.6. The summed E-state index contributed by atoms with van der Waals surface area (Å²) in [5.41, 5.74) is 3.16. The molecule has 6 N–H and O–H groups in total. The summed E-state index contributed by atoms with van der Waals surface area (Å²) in [5, 5.41) is 28.9. The van der Waals surface area contributed by atoms with E-state index in [9.17, 15) is 36.6 Å². The Bertz CT molecular complexity index is 2500. The van der Waals surface area contributed by atoms with Crippen LogP contribution < -0.4 is 29.9 Å². The highest BCUT2D eigenvalue weighted by atomic mass is 32.2. The summed E-state index contributed by atoms with van der Waals surface area (Å²) in [6.45, 7) is 9.66. The minimum Gasteiger partial charge on any atom is -0.444 e. The van der Waals surface area contributed by atoms with Gasteiger partial charge >= 0.3 is 12.1 Å². The number of anilines is 3. The predicted octanol–water partition coefficient (Wildman–Crippen LogP) is 6.75. The Labute approximate surface area is 389 Å². The summed E-state index contributed by atoms with van der Waals surface area (Å²) >= 11 is 0. The van der Waals surface area contributed by atoms with Crippen molar-refractivity contribution in [2.24, 2.45) is 11.8 Å². The lowest BCUT2D eigenvalue weighted by Gasteiger charge is -2.32. The molecule has 0 saturated carbocycles. The van der Waals surface area contributed by atoms with E-state index in [1.165, 1.54) is 46.2 Å². The van der Waals surface area contributed by atoms with Crippen molar-refractivity contribution in [2.45, 2.75) is 81.7 Å². The maximum absolute atomic E-state index is 14.1. The molecule has 0 bridgehead atoms. The van der Waals surface area contributed by atoms with Crippen LogP contribution in [0.15, 0.2) is 149 Å². The van der Waals surface area contributed by atoms with Crippen molar-refractivity contribution in [1.29, 1.82) is 0 Å². The molecular formula is C49H62N6O9S2. The zero-order chi connectivity index (χ0) is 47.9. The van der Waals surface area contributed by atoms with Crippen molar-refractivity contribution in [3.8, 4) is 0 Å². The SMILES string of the molecule is CC(C)CNc1ccc(S(=O)(=O)NC[C@@H](O)[C@H](Cc2ccccc2)NC(=O)N(CC(C)C)c2ccc(S(=O)(=O)NC[C@@H](O)[C@H](C)N(C(=O)OCc3ccccc3)c3ccccc3)cc2)cc1. The molecule has 15 nitrogen and oxygen atoms in total. The van der Waals surface area contributed by atoms with Crippen molar-refractivity contribution < 1.29 is 41.4 Å². The molecule has 0 radical (unpaired) electrons. The van der Waals surface area contributed by atoms with Gasteiger partial charge in [0.1, 0.15) is 6.61 Å². The molecule has 5 aromatic carbocycles. The Kier molecular flexibility index (Phi) is 18.7. The molecule has 0 heterocycles. The summed E-state index contributed by atoms with van der Waals surface area (Å²) in [6, 6.07) is 36.4. The minimum atomic E-state index is -4.20. The molecule has 0 aliphatic rings. The molecule has 0 unspecified atom stereocenters. The van der Waals surface area contributed by atoms with Crippen LogP contribution in [0.2, 0.25) is 0 Å². The molecule has 3 amide bonds. The molecule has 17 heteroatoms. The van der Waals surface area contributed by atoms with Crippen molar-refractivity contribution in [2.75, 3.05) is 41.3 Å². The van der Waals surface area contributed by atoms with Crippen molar-refractivity contribution in [3.05, 3.63) is 151 Å². The lowest BCUT2D eigenvalue weighted by atomic mass is 10.0. The van der Waals surface area contributed by atoms with Crippen LogP contribution in [-0.4, -0.2) is 89.6 Å². The quantitative estimate of drug-likeness (QED) is 0.0406. The van der Waals surface area contributed by atoms with E-state index in [1.54, 1.807) is 49.4 Å². The average Bonchev–Trinajstić information content (AvgIpc) is 3.31. The number of rotatable bonds is 23. The Hall–Kier alpha value is -5.82. The Morgan fingerprint density at radius 3 is 1.62 bits per heavy atom. The van der Waals surface area contributed by atoms with Gasteiger partial charge in [-0.2, -0.15) is 0 Å². The first-order valence-electron chi connectivity index (χ1n) is 21.9. The molecule has 66 heavy (non-hydrogen) atoms. The number of carbonyl (C=O) groups excluding carboxylic acids is 2. The number of ether oxygens (including phenoxy) is 1. The van der Waals surface area contributed by atoms with Gasteiger partial charge in [-0.15, -0.1) is 0 Å². The van der Waals surface area contributed by atoms with Gasteiger partial charge in [0.25, 0.3) is 0 Å². The third-order valence-corrected chi connectivity index (χ3v) is 13.4. The number of hydrogen-bond donors (Lipinski definition) is 6. The second-order valence-electron chi connectivity index (χ2n) is 16.9. The van der Waals surface area contributed by atoms with Gasteiger partial charge in [-0.1, -0.05) is 107 Å². The number of nitrogens with one attached hydrogen (secondary N) is 4. The fourth-order valence-corrected chi connectivity index (χ4v) is 8.97. The smallest absolute Gasteiger partial charge is 0.414 e. The number of urea groups is 1. The number of carbonyl (C=O) groups is 2. The summed E-state index contributed by atoms with van der Waals surface area (Å²) in [4.78, 5) is 30.1. The molecule has 4 atom stereocenters. The lowest BCUT2D eigenvalue weighted by molar-refractivity contribution is 0.122. The van der Waals surface area contributed by atoms with E-state index < -0.39 is 69.6 Å². The van der Waals surface area contributed by atoms with Gasteiger partial charge in [0.2, 0.25) is 20.0 Å². The van der Waals surface area contributed by atoms with Gasteiger partial charge in [0.15, 0.2) is 0 Å². The summed E-state index contributed by atoms with van der Waals surface area (Å²) in [7, 11) is -8.22. The first-order chi connectivity index (χ1) is 31.4. The number of nitrogens with zero attached hydrogens (tertiary/aromatic N) is 2. The van der Waals surface area contributed by atoms with Crippen LogP contribution in [0.4, 0.5) is 26.7 Å². The molecule has 0 saturated heterocycles. The summed E-state index contributed by atoms with van der Waals surface area (Å²) in [6.07, 6.45) is -3.26. The van der Waals surface area contributed by atoms with Crippen molar-refractivity contribution in [1.82, 2.24) is 14.8 Å². The predicted molar refractivity (Wildman–Crippen MR) is 258 cm³/mol. The van der Waals surface area contributed by atoms with Crippen LogP contribution >= 0.6 is 0 Å². The fourth-order valence-electron chi connectivity index (χ4n) is 6.86. The standard InChI is InChI=1S/C49H62N6O9S2/c1-35(2)30-50-40-21-25-43(26-22-40)65(60,61)52-32-47(57)45(29-38-15-9-6-10-16-38)53-48(58)54(33-36(3)4)41-23-27-44(28-24-41)66(62,63)51-31-46(56)37(5)55(42-19-13-8-14-20-42)49(59)64-34-39-17-11-7-12-18-39/h6-28,35-37,45-47,50-52,56-57H,29-34H2,1-5H3,(H,53,58)/t37-,45-,46+,47+/m0/s1. The van der Waals surface area contributed by atoms with E-state index >= 15 is 0 Å². The largest absolute Gasteiger partial charge is 0.444 e. The number of para-hydroxylation sites is 1. The van der Waals surface area contributed by atoms with Crippen LogP contribution in [0.5, 0.6) is 0 Å². The molecule has 0 aliphatic carbocycles. The van der Waals surface area contributed by atoms with E-state index in [1.807, 2.05) is 74.5 Å². The van der Waals surface area contributed by atoms with E-state index in [0.29, 0.717) is 17.3 Å². The van der Waals surface area contributed by atoms with Crippen LogP contribution in [0.25, 0.3) is 0 Å². The number of sulfonamides is 2. The molecule has 5 rings (SSSR count). The number of aliphatic hydroxyl groups excluding tert-OH is 2. The van der Waals surface area contributed by atoms with Gasteiger partial charge in [-0.3, -0.25) is 9.80 Å². The molecular weight excluding hydrogens is 881 g/mol. The maximum atomic E-state index is 14.1. The van der Waals surface area contributed by atoms with Gasteiger partial charge in [-0.05, 0) is 97.0 Å². The van der Waals surface area contributed by atoms with Crippen LogP contribution in [0.3, 0.4) is 0 Å². The van der Waals surface area contributed by atoms with Gasteiger partial charge in [0, 0.05) is 43.2 Å². The number of benzene rings is 5. The summed E-state index contributed by atoms with van der Waals surface area (Å²) in [5.74, 6) is 0.367. The van der Waals surface area contributed by atoms with E-state index in [2.05, 4.69) is 33.9 Å². The van der Waals surface area contributed by atoms with E-state index in [4.69, 9.17) is 4.74 Å². The van der Waals surface area contributed by atoms with Crippen LogP contribution in [0, 0.1) is 11.8 Å². The van der Waals surface area contributed by atoms with Gasteiger partial charge in [-0.25, -0.2) is 35.9 Å². The first-order valence-corrected chi connectivity index (χ1v) is 24.9. The maximum Gasteiger partial charge on any atom is 0.414 e. The van der Waals surface area contributed by atoms with Crippen LogP contribution in [-0.2, 0) is 37.8 Å². The number of amides is 3.